The highest BCUT2D eigenvalue weighted by molar-refractivity contribution is 7.90. The van der Waals surface area contributed by atoms with Crippen LogP contribution in [0.1, 0.15) is 25.3 Å². The summed E-state index contributed by atoms with van der Waals surface area (Å²) in [6, 6.07) is 4.67. The van der Waals surface area contributed by atoms with Gasteiger partial charge in [0.05, 0.1) is 0 Å². The van der Waals surface area contributed by atoms with E-state index in [-0.39, 0.29) is 16.6 Å². The number of sulfone groups is 1. The molecule has 0 amide bonds. The monoisotopic (exact) mass is 214 g/mol. The summed E-state index contributed by atoms with van der Waals surface area (Å²) in [4.78, 5) is -0.0121. The zero-order chi connectivity index (χ0) is 10.9. The summed E-state index contributed by atoms with van der Waals surface area (Å²) in [7, 11) is -3.33. The zero-order valence-corrected chi connectivity index (χ0v) is 9.30. The first-order valence-corrected chi connectivity index (χ1v) is 6.24. The Morgan fingerprint density at radius 3 is 2.21 bits per heavy atom. The molecule has 1 rings (SSSR count). The van der Waals surface area contributed by atoms with E-state index in [2.05, 4.69) is 0 Å². The van der Waals surface area contributed by atoms with Crippen LogP contribution in [-0.2, 0) is 9.84 Å². The van der Waals surface area contributed by atoms with Crippen molar-refractivity contribution in [1.82, 2.24) is 0 Å². The average molecular weight is 214 g/mol. The molecule has 1 N–H and O–H groups in total. The fraction of sp³-hybridized carbons (Fsp3) is 0.400. The normalized spacial score (nSPS) is 12.0. The van der Waals surface area contributed by atoms with E-state index in [1.807, 2.05) is 13.8 Å². The molecule has 0 spiro atoms. The van der Waals surface area contributed by atoms with E-state index in [1.165, 1.54) is 12.1 Å². The lowest BCUT2D eigenvalue weighted by Gasteiger charge is -2.08. The molecule has 78 valence electrons. The minimum atomic E-state index is -3.33. The third-order valence-corrected chi connectivity index (χ3v) is 3.19. The van der Waals surface area contributed by atoms with Crippen molar-refractivity contribution >= 4 is 9.84 Å². The third kappa shape index (κ3) is 2.26. The third-order valence-electron chi connectivity index (χ3n) is 2.05. The SMILES string of the molecule is CC(C)c1ccc(S(C)(=O)=O)c(O)c1. The Kier molecular flexibility index (Phi) is 2.85. The van der Waals surface area contributed by atoms with Gasteiger partial charge in [-0.05, 0) is 23.6 Å². The fourth-order valence-electron chi connectivity index (χ4n) is 1.21. The molecule has 0 aliphatic heterocycles. The van der Waals surface area contributed by atoms with Gasteiger partial charge in [-0.3, -0.25) is 0 Å². The molecular weight excluding hydrogens is 200 g/mol. The number of phenolic OH excluding ortho intramolecular Hbond substituents is 1. The Bertz CT molecular complexity index is 433. The molecule has 1 aromatic carbocycles. The lowest BCUT2D eigenvalue weighted by molar-refractivity contribution is 0.458. The van der Waals surface area contributed by atoms with Gasteiger partial charge in [0.2, 0.25) is 0 Å². The van der Waals surface area contributed by atoms with Crippen molar-refractivity contribution in [3.8, 4) is 5.75 Å². The van der Waals surface area contributed by atoms with Crippen LogP contribution in [0.25, 0.3) is 0 Å². The lowest BCUT2D eigenvalue weighted by atomic mass is 10.0. The maximum Gasteiger partial charge on any atom is 0.179 e. The van der Waals surface area contributed by atoms with E-state index < -0.39 is 9.84 Å². The van der Waals surface area contributed by atoms with Gasteiger partial charge in [0.15, 0.2) is 9.84 Å². The lowest BCUT2D eigenvalue weighted by Crippen LogP contribution is -1.98. The predicted octanol–water partition coefficient (Wildman–Crippen LogP) is 1.92. The number of hydrogen-bond donors (Lipinski definition) is 1. The van der Waals surface area contributed by atoms with E-state index in [1.54, 1.807) is 6.07 Å². The molecule has 0 aliphatic rings. The van der Waals surface area contributed by atoms with Gasteiger partial charge in [0.1, 0.15) is 10.6 Å². The second kappa shape index (κ2) is 3.61. The van der Waals surface area contributed by atoms with Gasteiger partial charge >= 0.3 is 0 Å². The second-order valence-electron chi connectivity index (χ2n) is 3.65. The Morgan fingerprint density at radius 1 is 1.29 bits per heavy atom. The van der Waals surface area contributed by atoms with E-state index in [4.69, 9.17) is 0 Å². The smallest absolute Gasteiger partial charge is 0.179 e. The van der Waals surface area contributed by atoms with Crippen LogP contribution in [0, 0.1) is 0 Å². The largest absolute Gasteiger partial charge is 0.507 e. The first-order valence-electron chi connectivity index (χ1n) is 4.35. The molecule has 0 fully saturated rings. The summed E-state index contributed by atoms with van der Waals surface area (Å²) in [6.45, 7) is 3.96. The molecule has 1 aromatic rings. The summed E-state index contributed by atoms with van der Waals surface area (Å²) < 4.78 is 22.3. The standard InChI is InChI=1S/C10H14O3S/c1-7(2)8-4-5-10(9(11)6-8)14(3,12)13/h4-7,11H,1-3H3. The van der Waals surface area contributed by atoms with Crippen LogP contribution < -0.4 is 0 Å². The molecule has 0 saturated carbocycles. The van der Waals surface area contributed by atoms with Crippen molar-refractivity contribution in [3.05, 3.63) is 23.8 Å². The summed E-state index contributed by atoms with van der Waals surface area (Å²) in [6.07, 6.45) is 1.08. The summed E-state index contributed by atoms with van der Waals surface area (Å²) in [5.74, 6) is 0.105. The molecule has 3 nitrogen and oxygen atoms in total. The van der Waals surface area contributed by atoms with Crippen LogP contribution in [-0.4, -0.2) is 19.8 Å². The maximum atomic E-state index is 11.2. The van der Waals surface area contributed by atoms with Crippen LogP contribution >= 0.6 is 0 Å². The molecule has 0 atom stereocenters. The van der Waals surface area contributed by atoms with Crippen molar-refractivity contribution in [2.75, 3.05) is 6.26 Å². The van der Waals surface area contributed by atoms with Crippen molar-refractivity contribution in [2.45, 2.75) is 24.7 Å². The van der Waals surface area contributed by atoms with Crippen LogP contribution in [0.2, 0.25) is 0 Å². The van der Waals surface area contributed by atoms with Gasteiger partial charge in [-0.2, -0.15) is 0 Å². The molecule has 14 heavy (non-hydrogen) atoms. The zero-order valence-electron chi connectivity index (χ0n) is 8.48. The van der Waals surface area contributed by atoms with Gasteiger partial charge in [0, 0.05) is 6.26 Å². The molecule has 0 radical (unpaired) electrons. The molecule has 0 bridgehead atoms. The van der Waals surface area contributed by atoms with Crippen molar-refractivity contribution < 1.29 is 13.5 Å². The van der Waals surface area contributed by atoms with Gasteiger partial charge in [-0.1, -0.05) is 19.9 Å². The second-order valence-corrected chi connectivity index (χ2v) is 5.64. The first kappa shape index (κ1) is 11.0. The van der Waals surface area contributed by atoms with Crippen LogP contribution in [0.3, 0.4) is 0 Å². The van der Waals surface area contributed by atoms with E-state index in [0.717, 1.165) is 11.8 Å². The molecule has 0 heterocycles. The molecule has 0 aliphatic carbocycles. The number of hydrogen-bond acceptors (Lipinski definition) is 3. The topological polar surface area (TPSA) is 54.4 Å². The summed E-state index contributed by atoms with van der Waals surface area (Å²) in [5.41, 5.74) is 0.926. The highest BCUT2D eigenvalue weighted by Crippen LogP contribution is 2.26. The summed E-state index contributed by atoms with van der Waals surface area (Å²) in [5, 5.41) is 9.50. The molecule has 0 saturated heterocycles. The van der Waals surface area contributed by atoms with Gasteiger partial charge < -0.3 is 5.11 Å². The molecule has 0 unspecified atom stereocenters. The minimum absolute atomic E-state index is 0.0121. The Labute approximate surface area is 84.3 Å². The van der Waals surface area contributed by atoms with Crippen molar-refractivity contribution in [3.63, 3.8) is 0 Å². The van der Waals surface area contributed by atoms with E-state index >= 15 is 0 Å². The molecule has 0 aromatic heterocycles. The van der Waals surface area contributed by atoms with E-state index in [9.17, 15) is 13.5 Å². The predicted molar refractivity (Wildman–Crippen MR) is 55.3 cm³/mol. The van der Waals surface area contributed by atoms with E-state index in [0.29, 0.717) is 0 Å². The summed E-state index contributed by atoms with van der Waals surface area (Å²) >= 11 is 0. The van der Waals surface area contributed by atoms with Gasteiger partial charge in [-0.15, -0.1) is 0 Å². The Hall–Kier alpha value is -1.03. The highest BCUT2D eigenvalue weighted by atomic mass is 32.2. The molecule has 4 heteroatoms. The number of aromatic hydroxyl groups is 1. The van der Waals surface area contributed by atoms with Crippen LogP contribution in [0.4, 0.5) is 0 Å². The van der Waals surface area contributed by atoms with Crippen LogP contribution in [0.15, 0.2) is 23.1 Å². The fourth-order valence-corrected chi connectivity index (χ4v) is 1.96. The first-order chi connectivity index (χ1) is 6.32. The Balaban J connectivity index is 3.28. The number of benzene rings is 1. The number of rotatable bonds is 2. The van der Waals surface area contributed by atoms with Crippen LogP contribution in [0.5, 0.6) is 5.75 Å². The van der Waals surface area contributed by atoms with Gasteiger partial charge in [0.25, 0.3) is 0 Å². The average Bonchev–Trinajstić information content (AvgIpc) is 2.01. The number of phenols is 1. The van der Waals surface area contributed by atoms with Gasteiger partial charge in [-0.25, -0.2) is 8.42 Å². The Morgan fingerprint density at radius 2 is 1.86 bits per heavy atom. The van der Waals surface area contributed by atoms with Crippen molar-refractivity contribution in [2.24, 2.45) is 0 Å². The highest BCUT2D eigenvalue weighted by Gasteiger charge is 2.13. The maximum absolute atomic E-state index is 11.2. The molecular formula is C10H14O3S. The minimum Gasteiger partial charge on any atom is -0.507 e. The quantitative estimate of drug-likeness (QED) is 0.818. The van der Waals surface area contributed by atoms with Crippen molar-refractivity contribution in [1.29, 1.82) is 0 Å².